The molecule has 2 rings (SSSR count). The van der Waals surface area contributed by atoms with Crippen molar-refractivity contribution in [2.75, 3.05) is 5.73 Å². The molecule has 1 atom stereocenters. The third-order valence-electron chi connectivity index (χ3n) is 2.84. The van der Waals surface area contributed by atoms with Gasteiger partial charge in [0.1, 0.15) is 4.90 Å². The Morgan fingerprint density at radius 1 is 1.24 bits per heavy atom. The van der Waals surface area contributed by atoms with Crippen molar-refractivity contribution >= 4 is 47.6 Å². The number of hydrogen-bond donors (Lipinski definition) is 2. The van der Waals surface area contributed by atoms with Crippen LogP contribution in [0.15, 0.2) is 50.5 Å². The first kappa shape index (κ1) is 16.4. The highest BCUT2D eigenvalue weighted by atomic mass is 79.9. The van der Waals surface area contributed by atoms with Crippen molar-refractivity contribution < 1.29 is 8.42 Å². The van der Waals surface area contributed by atoms with Crippen LogP contribution in [0.4, 0.5) is 5.69 Å². The number of rotatable bonds is 4. The second-order valence-electron chi connectivity index (χ2n) is 4.43. The molecule has 0 aliphatic heterocycles. The van der Waals surface area contributed by atoms with Gasteiger partial charge in [-0.2, -0.15) is 0 Å². The van der Waals surface area contributed by atoms with Crippen LogP contribution in [-0.4, -0.2) is 13.4 Å². The van der Waals surface area contributed by atoms with Crippen molar-refractivity contribution in [3.8, 4) is 0 Å². The molecule has 112 valence electrons. The molecular formula is C13H13Br2N3O2S. The van der Waals surface area contributed by atoms with Crippen LogP contribution in [0.2, 0.25) is 0 Å². The molecule has 0 fully saturated rings. The number of pyridine rings is 1. The molecule has 1 aromatic heterocycles. The number of halogens is 2. The van der Waals surface area contributed by atoms with E-state index in [0.717, 1.165) is 5.56 Å². The molecule has 3 N–H and O–H groups in total. The monoisotopic (exact) mass is 433 g/mol. The maximum absolute atomic E-state index is 12.5. The Labute approximate surface area is 140 Å². The smallest absolute Gasteiger partial charge is 0.244 e. The highest BCUT2D eigenvalue weighted by molar-refractivity contribution is 9.11. The summed E-state index contributed by atoms with van der Waals surface area (Å²) in [5.41, 5.74) is 6.83. The number of anilines is 1. The van der Waals surface area contributed by atoms with Gasteiger partial charge in [0.05, 0.1) is 5.69 Å². The molecule has 0 aliphatic rings. The quantitative estimate of drug-likeness (QED) is 0.723. The molecule has 1 heterocycles. The third-order valence-corrected chi connectivity index (χ3v) is 5.85. The van der Waals surface area contributed by atoms with Crippen LogP contribution in [0, 0.1) is 0 Å². The number of nitrogens with two attached hydrogens (primary N) is 1. The summed E-state index contributed by atoms with van der Waals surface area (Å²) in [6.45, 7) is 1.76. The van der Waals surface area contributed by atoms with Crippen LogP contribution < -0.4 is 10.5 Å². The Bertz CT molecular complexity index is 728. The van der Waals surface area contributed by atoms with E-state index in [9.17, 15) is 8.42 Å². The van der Waals surface area contributed by atoms with E-state index in [0.29, 0.717) is 8.95 Å². The molecule has 5 nitrogen and oxygen atoms in total. The van der Waals surface area contributed by atoms with Crippen LogP contribution in [0.25, 0.3) is 0 Å². The lowest BCUT2D eigenvalue weighted by atomic mass is 10.1. The van der Waals surface area contributed by atoms with Crippen LogP contribution in [0.1, 0.15) is 18.5 Å². The van der Waals surface area contributed by atoms with Gasteiger partial charge in [0.2, 0.25) is 10.0 Å². The molecule has 0 radical (unpaired) electrons. The molecule has 0 spiro atoms. The Kier molecular flexibility index (Phi) is 5.03. The minimum absolute atomic E-state index is 0.0339. The molecule has 1 unspecified atom stereocenters. The number of nitrogens with one attached hydrogen (secondary N) is 1. The molecule has 1 aromatic carbocycles. The minimum atomic E-state index is -3.75. The van der Waals surface area contributed by atoms with E-state index >= 15 is 0 Å². The van der Waals surface area contributed by atoms with Crippen molar-refractivity contribution in [2.24, 2.45) is 0 Å². The number of nitrogens with zero attached hydrogens (tertiary/aromatic N) is 1. The highest BCUT2D eigenvalue weighted by Gasteiger charge is 2.24. The Morgan fingerprint density at radius 3 is 2.43 bits per heavy atom. The summed E-state index contributed by atoms with van der Waals surface area (Å²) >= 11 is 6.51. The van der Waals surface area contributed by atoms with E-state index in [1.165, 1.54) is 0 Å². The van der Waals surface area contributed by atoms with Crippen LogP contribution >= 0.6 is 31.9 Å². The van der Waals surface area contributed by atoms with Gasteiger partial charge in [0.15, 0.2) is 0 Å². The van der Waals surface area contributed by atoms with Gasteiger partial charge in [-0.05, 0) is 52.7 Å². The lowest BCUT2D eigenvalue weighted by molar-refractivity contribution is 0.566. The van der Waals surface area contributed by atoms with Crippen molar-refractivity contribution in [1.82, 2.24) is 9.71 Å². The second-order valence-corrected chi connectivity index (χ2v) is 7.85. The molecular weight excluding hydrogens is 422 g/mol. The molecule has 21 heavy (non-hydrogen) atoms. The molecule has 2 aromatic rings. The number of aromatic nitrogens is 1. The number of hydrogen-bond acceptors (Lipinski definition) is 4. The molecule has 0 saturated carbocycles. The summed E-state index contributed by atoms with van der Waals surface area (Å²) in [6, 6.07) is 6.31. The van der Waals surface area contributed by atoms with Crippen molar-refractivity contribution in [3.63, 3.8) is 0 Å². The Balaban J connectivity index is 2.36. The van der Waals surface area contributed by atoms with E-state index in [2.05, 4.69) is 41.6 Å². The van der Waals surface area contributed by atoms with Gasteiger partial charge < -0.3 is 5.73 Å². The lowest BCUT2D eigenvalue weighted by Gasteiger charge is -2.16. The van der Waals surface area contributed by atoms with E-state index in [1.54, 1.807) is 43.6 Å². The zero-order chi connectivity index (χ0) is 15.6. The van der Waals surface area contributed by atoms with Crippen LogP contribution in [0.5, 0.6) is 0 Å². The third kappa shape index (κ3) is 3.82. The standard InChI is InChI=1S/C13H13Br2N3O2S/c1-8(9-2-4-17-5-3-9)18-21(19,20)13-11(15)6-10(14)7-12(13)16/h2-8,18H,16H2,1H3. The van der Waals surface area contributed by atoms with Gasteiger partial charge in [-0.1, -0.05) is 15.9 Å². The number of nitrogen functional groups attached to an aromatic ring is 1. The highest BCUT2D eigenvalue weighted by Crippen LogP contribution is 2.32. The number of sulfonamides is 1. The van der Waals surface area contributed by atoms with Gasteiger partial charge in [-0.25, -0.2) is 13.1 Å². The van der Waals surface area contributed by atoms with Crippen molar-refractivity contribution in [1.29, 1.82) is 0 Å². The van der Waals surface area contributed by atoms with E-state index in [1.807, 2.05) is 0 Å². The largest absolute Gasteiger partial charge is 0.398 e. The zero-order valence-electron chi connectivity index (χ0n) is 11.0. The number of benzene rings is 1. The van der Waals surface area contributed by atoms with Crippen molar-refractivity contribution in [3.05, 3.63) is 51.2 Å². The summed E-state index contributed by atoms with van der Waals surface area (Å²) < 4.78 is 28.8. The first-order chi connectivity index (χ1) is 9.81. The predicted molar refractivity (Wildman–Crippen MR) is 89.2 cm³/mol. The van der Waals surface area contributed by atoms with Gasteiger partial charge in [0, 0.05) is 27.4 Å². The fraction of sp³-hybridized carbons (Fsp3) is 0.154. The van der Waals surface area contributed by atoms with E-state index < -0.39 is 16.1 Å². The SMILES string of the molecule is CC(NS(=O)(=O)c1c(N)cc(Br)cc1Br)c1ccncc1. The Hall–Kier alpha value is -0.960. The van der Waals surface area contributed by atoms with E-state index in [-0.39, 0.29) is 10.6 Å². The topological polar surface area (TPSA) is 85.1 Å². The summed E-state index contributed by atoms with van der Waals surface area (Å²) in [5.74, 6) is 0. The van der Waals surface area contributed by atoms with Gasteiger partial charge in [-0.15, -0.1) is 0 Å². The lowest BCUT2D eigenvalue weighted by Crippen LogP contribution is -2.28. The van der Waals surface area contributed by atoms with Gasteiger partial charge >= 0.3 is 0 Å². The van der Waals surface area contributed by atoms with Crippen LogP contribution in [0.3, 0.4) is 0 Å². The average molecular weight is 435 g/mol. The molecule has 0 amide bonds. The molecule has 0 aliphatic carbocycles. The fourth-order valence-electron chi connectivity index (χ4n) is 1.88. The van der Waals surface area contributed by atoms with Crippen molar-refractivity contribution in [2.45, 2.75) is 17.9 Å². The van der Waals surface area contributed by atoms with Crippen LogP contribution in [-0.2, 0) is 10.0 Å². The summed E-state index contributed by atoms with van der Waals surface area (Å²) in [5, 5.41) is 0. The molecule has 8 heteroatoms. The summed E-state index contributed by atoms with van der Waals surface area (Å²) in [4.78, 5) is 3.94. The molecule has 0 bridgehead atoms. The zero-order valence-corrected chi connectivity index (χ0v) is 15.0. The summed E-state index contributed by atoms with van der Waals surface area (Å²) in [6.07, 6.45) is 3.23. The summed E-state index contributed by atoms with van der Waals surface area (Å²) in [7, 11) is -3.75. The first-order valence-corrected chi connectivity index (χ1v) is 9.05. The predicted octanol–water partition coefficient (Wildman–Crippen LogP) is 3.23. The maximum Gasteiger partial charge on any atom is 0.244 e. The van der Waals surface area contributed by atoms with E-state index in [4.69, 9.17) is 5.73 Å². The van der Waals surface area contributed by atoms with Gasteiger partial charge in [-0.3, -0.25) is 4.98 Å². The maximum atomic E-state index is 12.5. The Morgan fingerprint density at radius 2 is 1.86 bits per heavy atom. The second kappa shape index (κ2) is 6.43. The molecule has 0 saturated heterocycles. The average Bonchev–Trinajstić information content (AvgIpc) is 2.37. The van der Waals surface area contributed by atoms with Gasteiger partial charge in [0.25, 0.3) is 0 Å². The fourth-order valence-corrected chi connectivity index (χ4v) is 5.18. The first-order valence-electron chi connectivity index (χ1n) is 5.98. The normalized spacial score (nSPS) is 13.1. The minimum Gasteiger partial charge on any atom is -0.398 e.